The summed E-state index contributed by atoms with van der Waals surface area (Å²) in [5.41, 5.74) is 5.28. The predicted molar refractivity (Wildman–Crippen MR) is 175 cm³/mol. The third-order valence-electron chi connectivity index (χ3n) is 8.35. The Morgan fingerprint density at radius 2 is 1.76 bits per heavy atom. The molecule has 244 valence electrons. The largest absolute Gasteiger partial charge is 0.494 e. The molecule has 2 N–H and O–H groups in total. The molecular weight excluding hydrogens is 591 g/mol. The van der Waals surface area contributed by atoms with Crippen molar-refractivity contribution >= 4 is 34.8 Å². The number of hydrogen-bond acceptors (Lipinski definition) is 9. The van der Waals surface area contributed by atoms with Crippen molar-refractivity contribution in [3.8, 4) is 11.5 Å². The SMILES string of the molecule is COc1cc(C=C2C(C)=C(CC(=O)NCc3ccco3)c3cc(F)ccc32)cc(OC)c1NCC(=O)OCCN1CCN(C)CC1. The summed E-state index contributed by atoms with van der Waals surface area (Å²) in [5, 5.41) is 5.98. The van der Waals surface area contributed by atoms with Crippen LogP contribution < -0.4 is 20.1 Å². The zero-order valence-corrected chi connectivity index (χ0v) is 26.8. The van der Waals surface area contributed by atoms with E-state index in [0.717, 1.165) is 54.0 Å². The summed E-state index contributed by atoms with van der Waals surface area (Å²) in [5.74, 6) is 0.662. The predicted octanol–water partition coefficient (Wildman–Crippen LogP) is 4.67. The maximum Gasteiger partial charge on any atom is 0.325 e. The van der Waals surface area contributed by atoms with Crippen LogP contribution in [0.5, 0.6) is 11.5 Å². The van der Waals surface area contributed by atoms with Gasteiger partial charge in [-0.2, -0.15) is 0 Å². The molecular formula is C35H41FN4O6. The lowest BCUT2D eigenvalue weighted by Crippen LogP contribution is -2.45. The number of nitrogens with one attached hydrogen (secondary N) is 2. The number of amides is 1. The minimum absolute atomic E-state index is 0.0535. The quantitative estimate of drug-likeness (QED) is 0.260. The molecule has 0 saturated carbocycles. The summed E-state index contributed by atoms with van der Waals surface area (Å²) in [6.45, 7) is 7.12. The van der Waals surface area contributed by atoms with Crippen molar-refractivity contribution < 1.29 is 32.6 Å². The van der Waals surface area contributed by atoms with Gasteiger partial charge >= 0.3 is 5.97 Å². The molecule has 0 atom stereocenters. The van der Waals surface area contributed by atoms with Crippen molar-refractivity contribution in [1.29, 1.82) is 0 Å². The summed E-state index contributed by atoms with van der Waals surface area (Å²) in [6, 6.07) is 11.8. The van der Waals surface area contributed by atoms with Gasteiger partial charge in [0.15, 0.2) is 0 Å². The molecule has 46 heavy (non-hydrogen) atoms. The Morgan fingerprint density at radius 3 is 2.43 bits per heavy atom. The fraction of sp³-hybridized carbons (Fsp3) is 0.371. The Bertz CT molecular complexity index is 1580. The van der Waals surface area contributed by atoms with E-state index in [1.807, 2.05) is 25.1 Å². The minimum Gasteiger partial charge on any atom is -0.494 e. The topological polar surface area (TPSA) is 106 Å². The molecule has 0 radical (unpaired) electrons. The number of fused-ring (bicyclic) bond motifs is 1. The number of furan rings is 1. The highest BCUT2D eigenvalue weighted by Gasteiger charge is 2.26. The van der Waals surface area contributed by atoms with Crippen molar-refractivity contribution in [2.75, 3.05) is 72.5 Å². The summed E-state index contributed by atoms with van der Waals surface area (Å²) >= 11 is 0. The maximum atomic E-state index is 14.4. The molecule has 2 aromatic carbocycles. The van der Waals surface area contributed by atoms with E-state index < -0.39 is 0 Å². The number of methoxy groups -OCH3 is 2. The molecule has 5 rings (SSSR count). The van der Waals surface area contributed by atoms with E-state index in [9.17, 15) is 14.0 Å². The molecule has 1 aliphatic carbocycles. The van der Waals surface area contributed by atoms with E-state index in [0.29, 0.717) is 41.7 Å². The van der Waals surface area contributed by atoms with Gasteiger partial charge in [0, 0.05) is 32.7 Å². The summed E-state index contributed by atoms with van der Waals surface area (Å²) in [7, 11) is 5.20. The molecule has 11 heteroatoms. The van der Waals surface area contributed by atoms with Gasteiger partial charge in [-0.05, 0) is 89.9 Å². The van der Waals surface area contributed by atoms with Gasteiger partial charge in [0.1, 0.15) is 41.9 Å². The van der Waals surface area contributed by atoms with Crippen LogP contribution in [0.25, 0.3) is 17.2 Å². The summed E-state index contributed by atoms with van der Waals surface area (Å²) in [4.78, 5) is 30.0. The molecule has 3 aromatic rings. The second-order valence-electron chi connectivity index (χ2n) is 11.4. The molecule has 2 heterocycles. The van der Waals surface area contributed by atoms with Crippen molar-refractivity contribution in [3.05, 3.63) is 82.6 Å². The van der Waals surface area contributed by atoms with Crippen LogP contribution in [0.3, 0.4) is 0 Å². The zero-order valence-electron chi connectivity index (χ0n) is 26.8. The van der Waals surface area contributed by atoms with Crippen molar-refractivity contribution in [2.45, 2.75) is 19.9 Å². The lowest BCUT2D eigenvalue weighted by Gasteiger charge is -2.32. The number of esters is 1. The third kappa shape index (κ3) is 7.96. The van der Waals surface area contributed by atoms with Crippen LogP contribution in [-0.2, 0) is 20.9 Å². The summed E-state index contributed by atoms with van der Waals surface area (Å²) in [6.07, 6.45) is 3.60. The normalized spacial score (nSPS) is 16.0. The second kappa shape index (κ2) is 15.1. The van der Waals surface area contributed by atoms with Crippen LogP contribution in [0.4, 0.5) is 10.1 Å². The number of likely N-dealkylation sites (N-methyl/N-ethyl adjacent to an activating group) is 1. The first-order valence-electron chi connectivity index (χ1n) is 15.3. The number of piperazine rings is 1. The number of nitrogens with zero attached hydrogens (tertiary/aromatic N) is 2. The Hall–Kier alpha value is -4.61. The number of ether oxygens (including phenoxy) is 3. The van der Waals surface area contributed by atoms with Gasteiger partial charge in [-0.1, -0.05) is 6.07 Å². The third-order valence-corrected chi connectivity index (χ3v) is 8.35. The molecule has 1 aromatic heterocycles. The highest BCUT2D eigenvalue weighted by atomic mass is 19.1. The number of carbonyl (C=O) groups excluding carboxylic acids is 2. The zero-order chi connectivity index (χ0) is 32.6. The first-order chi connectivity index (χ1) is 22.2. The molecule has 0 bridgehead atoms. The standard InChI is InChI=1S/C35H41FN4O6/c1-23-28(27-8-7-25(36)19-30(27)29(23)20-33(41)37-21-26-6-5-14-45-26)16-24-17-31(43-3)35(32(18-24)44-4)38-22-34(42)46-15-13-40-11-9-39(2)10-12-40/h5-8,14,16-19,38H,9-13,15,20-22H2,1-4H3,(H,37,41). The van der Waals surface area contributed by atoms with Gasteiger partial charge in [-0.25, -0.2) is 4.39 Å². The molecule has 0 spiro atoms. The first kappa shape index (κ1) is 32.8. The molecule has 1 fully saturated rings. The molecule has 1 amide bonds. The van der Waals surface area contributed by atoms with E-state index in [2.05, 4.69) is 27.5 Å². The van der Waals surface area contributed by atoms with Gasteiger partial charge < -0.3 is 34.2 Å². The lowest BCUT2D eigenvalue weighted by atomic mass is 10.00. The van der Waals surface area contributed by atoms with E-state index in [4.69, 9.17) is 18.6 Å². The second-order valence-corrected chi connectivity index (χ2v) is 11.4. The van der Waals surface area contributed by atoms with Crippen LogP contribution in [0.2, 0.25) is 0 Å². The Morgan fingerprint density at radius 1 is 1.02 bits per heavy atom. The van der Waals surface area contributed by atoms with Crippen LogP contribution in [0.15, 0.2) is 58.7 Å². The Balaban J connectivity index is 1.30. The number of anilines is 1. The van der Waals surface area contributed by atoms with Gasteiger partial charge in [-0.3, -0.25) is 14.5 Å². The molecule has 1 saturated heterocycles. The Labute approximate surface area is 268 Å². The first-order valence-corrected chi connectivity index (χ1v) is 15.3. The van der Waals surface area contributed by atoms with Gasteiger partial charge in [-0.15, -0.1) is 0 Å². The fourth-order valence-electron chi connectivity index (χ4n) is 5.73. The maximum absolute atomic E-state index is 14.4. The average molecular weight is 633 g/mol. The monoisotopic (exact) mass is 632 g/mol. The number of rotatable bonds is 13. The Kier molecular flexibility index (Phi) is 10.8. The van der Waals surface area contributed by atoms with E-state index in [-0.39, 0.29) is 37.2 Å². The molecule has 0 unspecified atom stereocenters. The minimum atomic E-state index is -0.377. The number of halogens is 1. The van der Waals surface area contributed by atoms with Crippen LogP contribution >= 0.6 is 0 Å². The van der Waals surface area contributed by atoms with Crippen LogP contribution in [0, 0.1) is 5.82 Å². The van der Waals surface area contributed by atoms with E-state index in [1.54, 1.807) is 38.7 Å². The smallest absolute Gasteiger partial charge is 0.325 e. The summed E-state index contributed by atoms with van der Waals surface area (Å²) < 4.78 is 36.5. The molecule has 1 aliphatic heterocycles. The van der Waals surface area contributed by atoms with Crippen LogP contribution in [0.1, 0.15) is 35.8 Å². The van der Waals surface area contributed by atoms with Crippen LogP contribution in [-0.4, -0.2) is 88.8 Å². The van der Waals surface area contributed by atoms with Gasteiger partial charge in [0.2, 0.25) is 5.91 Å². The van der Waals surface area contributed by atoms with Gasteiger partial charge in [0.25, 0.3) is 0 Å². The molecule has 2 aliphatic rings. The number of carbonyl (C=O) groups is 2. The highest BCUT2D eigenvalue weighted by Crippen LogP contribution is 2.45. The number of allylic oxidation sites excluding steroid dienone is 2. The number of hydrogen-bond donors (Lipinski definition) is 2. The van der Waals surface area contributed by atoms with Gasteiger partial charge in [0.05, 0.1) is 33.4 Å². The average Bonchev–Trinajstić information content (AvgIpc) is 3.66. The van der Waals surface area contributed by atoms with Crippen molar-refractivity contribution in [2.24, 2.45) is 0 Å². The lowest BCUT2D eigenvalue weighted by molar-refractivity contribution is -0.142. The highest BCUT2D eigenvalue weighted by molar-refractivity contribution is 6.08. The number of benzene rings is 2. The van der Waals surface area contributed by atoms with E-state index in [1.165, 1.54) is 12.1 Å². The van der Waals surface area contributed by atoms with Crippen molar-refractivity contribution in [3.63, 3.8) is 0 Å². The van der Waals surface area contributed by atoms with E-state index >= 15 is 0 Å². The van der Waals surface area contributed by atoms with Crippen molar-refractivity contribution in [1.82, 2.24) is 15.1 Å². The fourth-order valence-corrected chi connectivity index (χ4v) is 5.73. The molecule has 10 nitrogen and oxygen atoms in total.